The summed E-state index contributed by atoms with van der Waals surface area (Å²) >= 11 is 0. The second-order valence-corrected chi connectivity index (χ2v) is 15.0. The highest BCUT2D eigenvalue weighted by Crippen LogP contribution is 2.15. The van der Waals surface area contributed by atoms with Crippen LogP contribution < -0.4 is 0 Å². The molecule has 0 aliphatic rings. The Bertz CT molecular complexity index is 785. The minimum absolute atomic E-state index is 0.174. The van der Waals surface area contributed by atoms with E-state index in [4.69, 9.17) is 18.9 Å². The molecule has 9 nitrogen and oxygen atoms in total. The third-order valence-electron chi connectivity index (χ3n) is 8.86. The van der Waals surface area contributed by atoms with E-state index in [1.807, 2.05) is 21.1 Å². The highest BCUT2D eigenvalue weighted by Gasteiger charge is 2.25. The van der Waals surface area contributed by atoms with E-state index in [2.05, 4.69) is 13.8 Å². The maximum Gasteiger partial charge on any atom is 0.361 e. The number of carbonyl (C=O) groups excluding carboxylic acids is 2. The fraction of sp³-hybridized carbons (Fsp3) is 0.925. The monoisotopic (exact) mass is 701 g/mol. The summed E-state index contributed by atoms with van der Waals surface area (Å²) in [5, 5.41) is 9.59. The molecule has 49 heavy (non-hydrogen) atoms. The van der Waals surface area contributed by atoms with E-state index in [1.165, 1.54) is 116 Å². The number of hydrogen-bond donors (Lipinski definition) is 1. The molecule has 1 N–H and O–H groups in total. The number of rotatable bonds is 37. The number of carboxylic acid groups (broad SMARTS) is 1. The minimum Gasteiger partial charge on any atom is -0.477 e. The van der Waals surface area contributed by atoms with Crippen LogP contribution >= 0.6 is 0 Å². The van der Waals surface area contributed by atoms with Gasteiger partial charge in [-0.1, -0.05) is 155 Å². The summed E-state index contributed by atoms with van der Waals surface area (Å²) in [6.45, 7) is 4.86. The van der Waals surface area contributed by atoms with Crippen LogP contribution in [0.4, 0.5) is 0 Å². The molecule has 0 bridgehead atoms. The van der Waals surface area contributed by atoms with Gasteiger partial charge in [-0.2, -0.15) is 0 Å². The van der Waals surface area contributed by atoms with Crippen molar-refractivity contribution in [1.82, 2.24) is 0 Å². The molecule has 9 heteroatoms. The summed E-state index contributed by atoms with van der Waals surface area (Å²) < 4.78 is 22.6. The van der Waals surface area contributed by atoms with Crippen molar-refractivity contribution in [3.8, 4) is 0 Å². The number of esters is 2. The van der Waals surface area contributed by atoms with Gasteiger partial charge in [-0.15, -0.1) is 0 Å². The summed E-state index contributed by atoms with van der Waals surface area (Å²) in [6.07, 6.45) is 27.3. The van der Waals surface area contributed by atoms with Crippen molar-refractivity contribution >= 4 is 17.9 Å². The fourth-order valence-corrected chi connectivity index (χ4v) is 5.66. The third kappa shape index (κ3) is 34.5. The van der Waals surface area contributed by atoms with E-state index in [0.29, 0.717) is 17.4 Å². The standard InChI is InChI=1S/C40H77NO8/c1-6-8-10-12-14-16-18-19-20-21-23-25-27-29-31-38(43)49-36(35-48-40(39(44)45)46-33-32-41(3,4)5)34-47-37(42)30-28-26-24-22-17-15-13-11-9-7-2/h36,40H,6-35H2,1-5H3/p+1. The lowest BCUT2D eigenvalue weighted by Crippen LogP contribution is -2.40. The van der Waals surface area contributed by atoms with Gasteiger partial charge >= 0.3 is 17.9 Å². The number of unbranched alkanes of at least 4 members (excludes halogenated alkanes) is 22. The van der Waals surface area contributed by atoms with E-state index >= 15 is 0 Å². The van der Waals surface area contributed by atoms with E-state index in [1.54, 1.807) is 0 Å². The number of carboxylic acids is 1. The van der Waals surface area contributed by atoms with Crippen LogP contribution in [-0.2, 0) is 33.3 Å². The normalized spacial score (nSPS) is 12.9. The van der Waals surface area contributed by atoms with Gasteiger partial charge in [-0.25, -0.2) is 4.79 Å². The maximum absolute atomic E-state index is 12.7. The van der Waals surface area contributed by atoms with Crippen molar-refractivity contribution in [1.29, 1.82) is 0 Å². The molecule has 0 radical (unpaired) electrons. The number of aliphatic carboxylic acids is 1. The van der Waals surface area contributed by atoms with Gasteiger partial charge in [0.2, 0.25) is 0 Å². The van der Waals surface area contributed by atoms with Crippen LogP contribution in [0.3, 0.4) is 0 Å². The average molecular weight is 701 g/mol. The van der Waals surface area contributed by atoms with Gasteiger partial charge in [0.1, 0.15) is 13.2 Å². The Balaban J connectivity index is 4.48. The maximum atomic E-state index is 12.7. The van der Waals surface area contributed by atoms with Crippen molar-refractivity contribution in [2.45, 2.75) is 193 Å². The second-order valence-electron chi connectivity index (χ2n) is 15.0. The molecular formula is C40H78NO8+. The lowest BCUT2D eigenvalue weighted by molar-refractivity contribution is -0.870. The zero-order valence-corrected chi connectivity index (χ0v) is 32.6. The first-order chi connectivity index (χ1) is 23.6. The van der Waals surface area contributed by atoms with Gasteiger partial charge in [0.05, 0.1) is 34.4 Å². The number of hydrogen-bond acceptors (Lipinski definition) is 7. The summed E-state index contributed by atoms with van der Waals surface area (Å²) in [5.74, 6) is -2.00. The zero-order valence-electron chi connectivity index (χ0n) is 32.6. The Morgan fingerprint density at radius 3 is 1.31 bits per heavy atom. The van der Waals surface area contributed by atoms with Gasteiger partial charge in [-0.05, 0) is 12.8 Å². The van der Waals surface area contributed by atoms with Crippen LogP contribution in [-0.4, -0.2) is 87.4 Å². The van der Waals surface area contributed by atoms with Crippen molar-refractivity contribution < 1.29 is 42.9 Å². The van der Waals surface area contributed by atoms with Crippen molar-refractivity contribution in [2.24, 2.45) is 0 Å². The van der Waals surface area contributed by atoms with E-state index in [0.717, 1.165) is 38.5 Å². The fourth-order valence-electron chi connectivity index (χ4n) is 5.66. The van der Waals surface area contributed by atoms with Crippen LogP contribution in [0, 0.1) is 0 Å². The molecule has 2 unspecified atom stereocenters. The molecule has 290 valence electrons. The number of likely N-dealkylation sites (N-methyl/N-ethyl adjacent to an activating group) is 1. The highest BCUT2D eigenvalue weighted by atomic mass is 16.7. The third-order valence-corrected chi connectivity index (χ3v) is 8.86. The molecule has 0 rings (SSSR count). The van der Waals surface area contributed by atoms with Crippen LogP contribution in [0.5, 0.6) is 0 Å². The quantitative estimate of drug-likeness (QED) is 0.0295. The van der Waals surface area contributed by atoms with E-state index in [9.17, 15) is 19.5 Å². The summed E-state index contributed by atoms with van der Waals surface area (Å²) in [6, 6.07) is 0. The topological polar surface area (TPSA) is 108 Å². The predicted molar refractivity (Wildman–Crippen MR) is 198 cm³/mol. The first-order valence-corrected chi connectivity index (χ1v) is 20.2. The molecule has 0 aliphatic carbocycles. The first kappa shape index (κ1) is 47.3. The molecule has 0 amide bonds. The van der Waals surface area contributed by atoms with Crippen LogP contribution in [0.2, 0.25) is 0 Å². The van der Waals surface area contributed by atoms with Gasteiger partial charge in [0.15, 0.2) is 6.10 Å². The Morgan fingerprint density at radius 1 is 0.531 bits per heavy atom. The number of nitrogens with zero attached hydrogens (tertiary/aromatic N) is 1. The minimum atomic E-state index is -1.50. The zero-order chi connectivity index (χ0) is 36.4. The molecule has 0 fully saturated rings. The summed E-state index contributed by atoms with van der Waals surface area (Å²) in [4.78, 5) is 36.9. The Kier molecular flexibility index (Phi) is 32.3. The van der Waals surface area contributed by atoms with Gasteiger partial charge in [-0.3, -0.25) is 9.59 Å². The smallest absolute Gasteiger partial charge is 0.361 e. The van der Waals surface area contributed by atoms with E-state index < -0.39 is 24.3 Å². The Morgan fingerprint density at radius 2 is 0.918 bits per heavy atom. The summed E-state index contributed by atoms with van der Waals surface area (Å²) in [5.41, 5.74) is 0. The predicted octanol–water partition coefficient (Wildman–Crippen LogP) is 9.77. The molecule has 0 saturated heterocycles. The van der Waals surface area contributed by atoms with Crippen LogP contribution in [0.15, 0.2) is 0 Å². The van der Waals surface area contributed by atoms with Gasteiger partial charge in [0.25, 0.3) is 6.29 Å². The SMILES string of the molecule is CCCCCCCCCCCCCCCCC(=O)OC(COC(=O)CCCCCCCCCCCC)COC(OCC[N+](C)(C)C)C(=O)O. The Labute approximate surface area is 301 Å². The Hall–Kier alpha value is -1.71. The number of carbonyl (C=O) groups is 3. The molecule has 0 aromatic carbocycles. The lowest BCUT2D eigenvalue weighted by Gasteiger charge is -2.25. The molecule has 0 aromatic heterocycles. The average Bonchev–Trinajstić information content (AvgIpc) is 3.05. The molecule has 0 saturated carbocycles. The largest absolute Gasteiger partial charge is 0.477 e. The van der Waals surface area contributed by atoms with Crippen molar-refractivity contribution in [2.75, 3.05) is 47.5 Å². The molecule has 0 spiro atoms. The molecule has 0 aromatic rings. The van der Waals surface area contributed by atoms with Gasteiger partial charge in [0, 0.05) is 12.8 Å². The number of ether oxygens (including phenoxy) is 4. The van der Waals surface area contributed by atoms with Crippen molar-refractivity contribution in [3.05, 3.63) is 0 Å². The van der Waals surface area contributed by atoms with Crippen LogP contribution in [0.1, 0.15) is 181 Å². The summed E-state index contributed by atoms with van der Waals surface area (Å²) in [7, 11) is 5.95. The molecule has 0 heterocycles. The molecule has 2 atom stereocenters. The number of quaternary nitrogens is 1. The molecular weight excluding hydrogens is 622 g/mol. The first-order valence-electron chi connectivity index (χ1n) is 20.2. The van der Waals surface area contributed by atoms with Crippen LogP contribution in [0.25, 0.3) is 0 Å². The second kappa shape index (κ2) is 33.4. The van der Waals surface area contributed by atoms with E-state index in [-0.39, 0.29) is 32.2 Å². The highest BCUT2D eigenvalue weighted by molar-refractivity contribution is 5.71. The molecule has 0 aliphatic heterocycles. The lowest BCUT2D eigenvalue weighted by atomic mass is 10.0. The van der Waals surface area contributed by atoms with Gasteiger partial charge < -0.3 is 28.5 Å². The van der Waals surface area contributed by atoms with Crippen molar-refractivity contribution in [3.63, 3.8) is 0 Å².